The lowest BCUT2D eigenvalue weighted by Crippen LogP contribution is -3.13. The van der Waals surface area contributed by atoms with Crippen molar-refractivity contribution in [3.63, 3.8) is 0 Å². The predicted octanol–water partition coefficient (Wildman–Crippen LogP) is 1.21. The average Bonchev–Trinajstić information content (AvgIpc) is 3.28. The maximum absolute atomic E-state index is 13.1. The van der Waals surface area contributed by atoms with Gasteiger partial charge in [0.15, 0.2) is 5.76 Å². The third kappa shape index (κ3) is 3.53. The quantitative estimate of drug-likeness (QED) is 0.627. The minimum Gasteiger partial charge on any atom is -0.872 e. The molecule has 1 saturated heterocycles. The number of ketones is 1. The first-order valence-corrected chi connectivity index (χ1v) is 10.9. The standard InChI is InChI=1S/C25H27N3O4/c1-26-8-10-28(11-9-26)15-20-22(29)7-5-18-24(30)23(32-25(18)20)12-16-14-27(2)21-6-4-17(31-3)13-19(16)21/h4-7,12-14,29H,8-11,15H2,1-3H3. The highest BCUT2D eigenvalue weighted by atomic mass is 16.5. The lowest BCUT2D eigenvalue weighted by Gasteiger charge is -2.30. The SMILES string of the molecule is COc1ccc2c(c1)c(C=C1Oc3c(ccc([O-])c3C[NH+]3CCN(C)CC3)C1=O)cn2C. The number of aryl methyl sites for hydroxylation is 1. The lowest BCUT2D eigenvalue weighted by molar-refractivity contribution is -0.918. The van der Waals surface area contributed by atoms with E-state index in [4.69, 9.17) is 9.47 Å². The van der Waals surface area contributed by atoms with E-state index in [-0.39, 0.29) is 17.3 Å². The number of allylic oxidation sites excluding steroid dienone is 1. The molecule has 0 saturated carbocycles. The molecule has 3 aromatic rings. The highest BCUT2D eigenvalue weighted by Crippen LogP contribution is 2.39. The Morgan fingerprint density at radius 3 is 2.72 bits per heavy atom. The number of nitrogens with one attached hydrogen (secondary N) is 1. The molecule has 0 radical (unpaired) electrons. The van der Waals surface area contributed by atoms with Crippen LogP contribution in [0.4, 0.5) is 0 Å². The number of benzene rings is 2. The van der Waals surface area contributed by atoms with E-state index in [0.717, 1.165) is 48.4 Å². The normalized spacial score (nSPS) is 18.3. The van der Waals surface area contributed by atoms with E-state index in [0.29, 0.717) is 23.4 Å². The molecule has 2 aliphatic heterocycles. The Morgan fingerprint density at radius 2 is 1.97 bits per heavy atom. The molecule has 0 amide bonds. The fourth-order valence-corrected chi connectivity index (χ4v) is 4.60. The van der Waals surface area contributed by atoms with Gasteiger partial charge in [-0.1, -0.05) is 11.8 Å². The number of likely N-dealkylation sites (N-methyl/N-ethyl adjacent to an activating group) is 1. The van der Waals surface area contributed by atoms with Gasteiger partial charge in [-0.25, -0.2) is 0 Å². The second kappa shape index (κ2) is 8.00. The largest absolute Gasteiger partial charge is 0.872 e. The van der Waals surface area contributed by atoms with Crippen molar-refractivity contribution in [1.82, 2.24) is 9.47 Å². The Balaban J connectivity index is 1.49. The van der Waals surface area contributed by atoms with Crippen molar-refractivity contribution < 1.29 is 24.3 Å². The molecule has 0 unspecified atom stereocenters. The number of hydrogen-bond donors (Lipinski definition) is 1. The molecule has 7 heteroatoms. The summed E-state index contributed by atoms with van der Waals surface area (Å²) in [5.74, 6) is 1.17. The molecular formula is C25H27N3O4. The Morgan fingerprint density at radius 1 is 1.19 bits per heavy atom. The molecule has 2 aliphatic rings. The highest BCUT2D eigenvalue weighted by Gasteiger charge is 2.31. The van der Waals surface area contributed by atoms with Gasteiger partial charge in [-0.3, -0.25) is 9.69 Å². The summed E-state index contributed by atoms with van der Waals surface area (Å²) in [6.45, 7) is 4.49. The summed E-state index contributed by atoms with van der Waals surface area (Å²) in [5.41, 5.74) is 2.96. The van der Waals surface area contributed by atoms with E-state index < -0.39 is 0 Å². The molecule has 1 aromatic heterocycles. The van der Waals surface area contributed by atoms with Gasteiger partial charge in [0.25, 0.3) is 0 Å². The van der Waals surface area contributed by atoms with Crippen molar-refractivity contribution in [2.45, 2.75) is 6.54 Å². The summed E-state index contributed by atoms with van der Waals surface area (Å²) < 4.78 is 13.4. The number of methoxy groups -OCH3 is 1. The first kappa shape index (κ1) is 20.6. The zero-order valence-electron chi connectivity index (χ0n) is 18.6. The second-order valence-electron chi connectivity index (χ2n) is 8.67. The van der Waals surface area contributed by atoms with Gasteiger partial charge in [0.1, 0.15) is 18.0 Å². The third-order valence-electron chi connectivity index (χ3n) is 6.53. The highest BCUT2D eigenvalue weighted by molar-refractivity contribution is 6.15. The molecule has 0 bridgehead atoms. The van der Waals surface area contributed by atoms with E-state index in [1.165, 1.54) is 11.0 Å². The smallest absolute Gasteiger partial charge is 0.231 e. The summed E-state index contributed by atoms with van der Waals surface area (Å²) in [5, 5.41) is 13.7. The van der Waals surface area contributed by atoms with E-state index in [9.17, 15) is 9.90 Å². The van der Waals surface area contributed by atoms with Gasteiger partial charge in [0, 0.05) is 48.4 Å². The third-order valence-corrected chi connectivity index (χ3v) is 6.53. The van der Waals surface area contributed by atoms with Crippen molar-refractivity contribution in [3.8, 4) is 17.2 Å². The van der Waals surface area contributed by atoms with Gasteiger partial charge < -0.3 is 24.0 Å². The fraction of sp³-hybridized carbons (Fsp3) is 0.320. The molecule has 32 heavy (non-hydrogen) atoms. The van der Waals surface area contributed by atoms with Crippen molar-refractivity contribution in [2.75, 3.05) is 40.3 Å². The number of fused-ring (bicyclic) bond motifs is 2. The van der Waals surface area contributed by atoms with Gasteiger partial charge in [-0.15, -0.1) is 0 Å². The molecule has 166 valence electrons. The van der Waals surface area contributed by atoms with Gasteiger partial charge in [-0.05, 0) is 37.4 Å². The zero-order chi connectivity index (χ0) is 22.4. The number of quaternary nitrogens is 1. The molecule has 3 heterocycles. The minimum absolute atomic E-state index is 0.0703. The number of rotatable bonds is 4. The maximum atomic E-state index is 13.1. The van der Waals surface area contributed by atoms with Crippen molar-refractivity contribution in [1.29, 1.82) is 0 Å². The van der Waals surface area contributed by atoms with Crippen LogP contribution in [0.3, 0.4) is 0 Å². The van der Waals surface area contributed by atoms with E-state index in [1.54, 1.807) is 19.3 Å². The van der Waals surface area contributed by atoms with Crippen LogP contribution in [-0.2, 0) is 13.6 Å². The van der Waals surface area contributed by atoms with Crippen LogP contribution in [0.5, 0.6) is 17.2 Å². The van der Waals surface area contributed by atoms with Crippen molar-refractivity contribution in [3.05, 3.63) is 59.0 Å². The van der Waals surface area contributed by atoms with Gasteiger partial charge in [0.05, 0.1) is 25.8 Å². The number of nitrogens with zero attached hydrogens (tertiary/aromatic N) is 2. The molecule has 0 atom stereocenters. The first-order valence-electron chi connectivity index (χ1n) is 10.9. The molecule has 5 rings (SSSR count). The molecule has 1 fully saturated rings. The summed E-state index contributed by atoms with van der Waals surface area (Å²) >= 11 is 0. The molecule has 7 nitrogen and oxygen atoms in total. The van der Waals surface area contributed by atoms with Crippen LogP contribution in [0.25, 0.3) is 17.0 Å². The van der Waals surface area contributed by atoms with Crippen LogP contribution in [-0.4, -0.2) is 55.6 Å². The monoisotopic (exact) mass is 433 g/mol. The number of carbonyl (C=O) groups is 1. The van der Waals surface area contributed by atoms with Crippen LogP contribution >= 0.6 is 0 Å². The average molecular weight is 434 g/mol. The molecule has 0 aliphatic carbocycles. The molecular weight excluding hydrogens is 406 g/mol. The summed E-state index contributed by atoms with van der Waals surface area (Å²) in [6, 6.07) is 8.94. The molecule has 0 spiro atoms. The number of carbonyl (C=O) groups excluding carboxylic acids is 1. The van der Waals surface area contributed by atoms with Crippen molar-refractivity contribution in [2.24, 2.45) is 7.05 Å². The van der Waals surface area contributed by atoms with Crippen molar-refractivity contribution >= 4 is 22.8 Å². The minimum atomic E-state index is -0.186. The topological polar surface area (TPSA) is 71.2 Å². The fourth-order valence-electron chi connectivity index (χ4n) is 4.60. The summed E-state index contributed by atoms with van der Waals surface area (Å²) in [4.78, 5) is 16.8. The van der Waals surface area contributed by atoms with Crippen LogP contribution in [0, 0.1) is 0 Å². The number of Topliss-reactive ketones (excluding diaryl/α,β-unsaturated/α-hetero) is 1. The van der Waals surface area contributed by atoms with Crippen LogP contribution in [0.15, 0.2) is 42.3 Å². The van der Waals surface area contributed by atoms with Crippen LogP contribution in [0.2, 0.25) is 0 Å². The van der Waals surface area contributed by atoms with Crippen LogP contribution < -0.4 is 19.5 Å². The lowest BCUT2D eigenvalue weighted by atomic mass is 10.0. The Labute approximate surface area is 187 Å². The Bertz CT molecular complexity index is 1240. The zero-order valence-corrected chi connectivity index (χ0v) is 18.6. The number of piperazine rings is 1. The van der Waals surface area contributed by atoms with E-state index >= 15 is 0 Å². The van der Waals surface area contributed by atoms with Gasteiger partial charge >= 0.3 is 0 Å². The van der Waals surface area contributed by atoms with Crippen LogP contribution in [0.1, 0.15) is 21.5 Å². The van der Waals surface area contributed by atoms with Gasteiger partial charge in [0.2, 0.25) is 5.78 Å². The van der Waals surface area contributed by atoms with E-state index in [2.05, 4.69) is 11.9 Å². The molecule has 1 N–H and O–H groups in total. The Kier molecular flexibility index (Phi) is 5.15. The predicted molar refractivity (Wildman–Crippen MR) is 120 cm³/mol. The van der Waals surface area contributed by atoms with E-state index in [1.807, 2.05) is 36.0 Å². The molecule has 2 aromatic carbocycles. The Hall–Kier alpha value is -3.29. The first-order chi connectivity index (χ1) is 15.4. The summed E-state index contributed by atoms with van der Waals surface area (Å²) in [7, 11) is 5.70. The summed E-state index contributed by atoms with van der Waals surface area (Å²) in [6.07, 6.45) is 3.73. The number of aromatic nitrogens is 1. The van der Waals surface area contributed by atoms with Gasteiger partial charge in [-0.2, -0.15) is 0 Å². The number of ether oxygens (including phenoxy) is 2. The second-order valence-corrected chi connectivity index (χ2v) is 8.67. The maximum Gasteiger partial charge on any atom is 0.231 e. The number of hydrogen-bond acceptors (Lipinski definition) is 5.